The molecule has 0 saturated heterocycles. The van der Waals surface area contributed by atoms with E-state index >= 15 is 0 Å². The van der Waals surface area contributed by atoms with E-state index in [4.69, 9.17) is 23.2 Å². The van der Waals surface area contributed by atoms with E-state index in [1.807, 2.05) is 0 Å². The molecule has 0 bridgehead atoms. The van der Waals surface area contributed by atoms with Crippen LogP contribution in [0.4, 0.5) is 0 Å². The second kappa shape index (κ2) is 5.80. The first-order valence-corrected chi connectivity index (χ1v) is 6.86. The summed E-state index contributed by atoms with van der Waals surface area (Å²) in [5, 5.41) is 0.671. The Hall–Kier alpha value is -0.380. The van der Waals surface area contributed by atoms with E-state index in [2.05, 4.69) is 0 Å². The van der Waals surface area contributed by atoms with Crippen LogP contribution in [0.15, 0.2) is 23.1 Å². The van der Waals surface area contributed by atoms with E-state index in [0.29, 0.717) is 14.9 Å². The van der Waals surface area contributed by atoms with Crippen LogP contribution in [-0.4, -0.2) is 15.7 Å². The molecule has 0 aliphatic heterocycles. The maximum Gasteiger partial charge on any atom is 0.148 e. The highest BCUT2D eigenvalue weighted by molar-refractivity contribution is 7.86. The third kappa shape index (κ3) is 3.30. The summed E-state index contributed by atoms with van der Waals surface area (Å²) in [6, 6.07) is 4.90. The molecule has 1 aromatic rings. The van der Waals surface area contributed by atoms with Crippen LogP contribution in [0, 0.1) is 5.92 Å². The summed E-state index contributed by atoms with van der Waals surface area (Å²) in [6.07, 6.45) is 0. The number of hydrogen-bond acceptors (Lipinski definition) is 2. The Morgan fingerprint density at radius 2 is 1.81 bits per heavy atom. The first kappa shape index (κ1) is 13.7. The topological polar surface area (TPSA) is 34.1 Å². The Bertz CT molecular complexity index is 410. The zero-order valence-corrected chi connectivity index (χ0v) is 11.3. The highest BCUT2D eigenvalue weighted by Crippen LogP contribution is 2.27. The maximum absolute atomic E-state index is 11.9. The summed E-state index contributed by atoms with van der Waals surface area (Å²) < 4.78 is 11.9. The molecular formula is C11H12Cl2O2S. The van der Waals surface area contributed by atoms with Crippen LogP contribution in [0.1, 0.15) is 13.8 Å². The molecule has 1 unspecified atom stereocenters. The maximum atomic E-state index is 11.9. The summed E-state index contributed by atoms with van der Waals surface area (Å²) >= 11 is 11.8. The van der Waals surface area contributed by atoms with Gasteiger partial charge in [0.1, 0.15) is 5.78 Å². The molecule has 1 rings (SSSR count). The van der Waals surface area contributed by atoms with E-state index in [9.17, 15) is 9.00 Å². The van der Waals surface area contributed by atoms with Gasteiger partial charge in [-0.3, -0.25) is 9.00 Å². The van der Waals surface area contributed by atoms with Crippen LogP contribution in [-0.2, 0) is 15.6 Å². The average Bonchev–Trinajstić information content (AvgIpc) is 2.16. The van der Waals surface area contributed by atoms with Gasteiger partial charge in [-0.2, -0.15) is 0 Å². The smallest absolute Gasteiger partial charge is 0.148 e. The molecular weight excluding hydrogens is 267 g/mol. The number of rotatable bonds is 4. The highest BCUT2D eigenvalue weighted by atomic mass is 35.5. The zero-order chi connectivity index (χ0) is 12.3. The van der Waals surface area contributed by atoms with E-state index < -0.39 is 10.8 Å². The molecule has 1 atom stereocenters. The Kier molecular flexibility index (Phi) is 4.96. The Labute approximate surface area is 107 Å². The minimum absolute atomic E-state index is 0.0406. The molecule has 1 aromatic carbocycles. The zero-order valence-electron chi connectivity index (χ0n) is 9.00. The number of carbonyl (C=O) groups excluding carboxylic acids is 1. The van der Waals surface area contributed by atoms with Gasteiger partial charge in [-0.15, -0.1) is 0 Å². The van der Waals surface area contributed by atoms with Crippen LogP contribution in [0.2, 0.25) is 10.0 Å². The molecule has 0 spiro atoms. The van der Waals surface area contributed by atoms with Crippen molar-refractivity contribution in [2.75, 3.05) is 5.75 Å². The molecule has 0 heterocycles. The summed E-state index contributed by atoms with van der Waals surface area (Å²) in [5.74, 6) is -0.235. The first-order valence-electron chi connectivity index (χ1n) is 4.78. The number of Topliss-reactive ketones (excluding diaryl/α,β-unsaturated/α-hetero) is 1. The fourth-order valence-electron chi connectivity index (χ4n) is 1.07. The van der Waals surface area contributed by atoms with Crippen molar-refractivity contribution in [3.63, 3.8) is 0 Å². The third-order valence-corrected chi connectivity index (χ3v) is 4.36. The van der Waals surface area contributed by atoms with E-state index in [-0.39, 0.29) is 17.5 Å². The Balaban J connectivity index is 2.93. The number of halogens is 2. The minimum atomic E-state index is -1.47. The van der Waals surface area contributed by atoms with Gasteiger partial charge in [-0.1, -0.05) is 43.1 Å². The number of hydrogen-bond donors (Lipinski definition) is 0. The average molecular weight is 279 g/mol. The molecule has 0 saturated carbocycles. The Morgan fingerprint density at radius 3 is 2.25 bits per heavy atom. The summed E-state index contributed by atoms with van der Waals surface area (Å²) in [5.41, 5.74) is 0. The molecule has 0 aliphatic carbocycles. The molecule has 0 radical (unpaired) electrons. The first-order chi connectivity index (χ1) is 7.43. The normalized spacial score (nSPS) is 12.8. The number of carbonyl (C=O) groups is 1. The summed E-state index contributed by atoms with van der Waals surface area (Å²) in [4.78, 5) is 11.8. The van der Waals surface area contributed by atoms with E-state index in [0.717, 1.165) is 0 Å². The van der Waals surface area contributed by atoms with Gasteiger partial charge in [0.15, 0.2) is 0 Å². The lowest BCUT2D eigenvalue weighted by molar-refractivity contribution is -0.119. The lowest BCUT2D eigenvalue weighted by Crippen LogP contribution is -2.16. The van der Waals surface area contributed by atoms with Crippen LogP contribution in [0.25, 0.3) is 0 Å². The molecule has 0 aromatic heterocycles. The van der Waals surface area contributed by atoms with Gasteiger partial charge in [0.25, 0.3) is 0 Å². The molecule has 0 aliphatic rings. The van der Waals surface area contributed by atoms with Gasteiger partial charge in [0, 0.05) is 5.92 Å². The van der Waals surface area contributed by atoms with Crippen molar-refractivity contribution in [1.29, 1.82) is 0 Å². The van der Waals surface area contributed by atoms with Crippen molar-refractivity contribution in [3.8, 4) is 0 Å². The lowest BCUT2D eigenvalue weighted by Gasteiger charge is -2.07. The van der Waals surface area contributed by atoms with E-state index in [1.54, 1.807) is 32.0 Å². The summed E-state index contributed by atoms with van der Waals surface area (Å²) in [7, 11) is -1.47. The molecule has 0 fully saturated rings. The fourth-order valence-corrected chi connectivity index (χ4v) is 3.29. The molecule has 5 heteroatoms. The fraction of sp³-hybridized carbons (Fsp3) is 0.364. The van der Waals surface area contributed by atoms with Gasteiger partial charge >= 0.3 is 0 Å². The summed E-state index contributed by atoms with van der Waals surface area (Å²) in [6.45, 7) is 3.54. The van der Waals surface area contributed by atoms with Gasteiger partial charge in [-0.05, 0) is 12.1 Å². The van der Waals surface area contributed by atoms with Crippen molar-refractivity contribution in [1.82, 2.24) is 0 Å². The van der Waals surface area contributed by atoms with Gasteiger partial charge in [0.05, 0.1) is 31.5 Å². The molecule has 2 nitrogen and oxygen atoms in total. The lowest BCUT2D eigenvalue weighted by atomic mass is 10.1. The van der Waals surface area contributed by atoms with Gasteiger partial charge < -0.3 is 0 Å². The molecule has 88 valence electrons. The second-order valence-electron chi connectivity index (χ2n) is 3.66. The third-order valence-electron chi connectivity index (χ3n) is 2.06. The van der Waals surface area contributed by atoms with E-state index in [1.165, 1.54) is 0 Å². The monoisotopic (exact) mass is 278 g/mol. The predicted octanol–water partition coefficient (Wildman–Crippen LogP) is 3.33. The van der Waals surface area contributed by atoms with Crippen LogP contribution in [0.5, 0.6) is 0 Å². The largest absolute Gasteiger partial charge is 0.298 e. The highest BCUT2D eigenvalue weighted by Gasteiger charge is 2.17. The standard InChI is InChI=1S/C11H12Cl2O2S/c1-7(2)10(14)6-16(15)11-8(12)4-3-5-9(11)13/h3-5,7H,6H2,1-2H3. The van der Waals surface area contributed by atoms with Crippen molar-refractivity contribution in [2.45, 2.75) is 18.7 Å². The van der Waals surface area contributed by atoms with Crippen molar-refractivity contribution in [2.24, 2.45) is 5.92 Å². The van der Waals surface area contributed by atoms with Gasteiger partial charge in [-0.25, -0.2) is 0 Å². The molecule has 0 amide bonds. The van der Waals surface area contributed by atoms with Crippen LogP contribution >= 0.6 is 23.2 Å². The second-order valence-corrected chi connectivity index (χ2v) is 5.86. The van der Waals surface area contributed by atoms with Crippen LogP contribution < -0.4 is 0 Å². The van der Waals surface area contributed by atoms with Crippen LogP contribution in [0.3, 0.4) is 0 Å². The van der Waals surface area contributed by atoms with Crippen molar-refractivity contribution >= 4 is 39.8 Å². The van der Waals surface area contributed by atoms with Crippen molar-refractivity contribution in [3.05, 3.63) is 28.2 Å². The number of ketones is 1. The molecule has 16 heavy (non-hydrogen) atoms. The minimum Gasteiger partial charge on any atom is -0.298 e. The quantitative estimate of drug-likeness (QED) is 0.847. The SMILES string of the molecule is CC(C)C(=O)CS(=O)c1c(Cl)cccc1Cl. The molecule has 0 N–H and O–H groups in total. The predicted molar refractivity (Wildman–Crippen MR) is 67.6 cm³/mol. The number of benzene rings is 1. The van der Waals surface area contributed by atoms with Gasteiger partial charge in [0.2, 0.25) is 0 Å². The Morgan fingerprint density at radius 1 is 1.31 bits per heavy atom. The van der Waals surface area contributed by atoms with Crippen molar-refractivity contribution < 1.29 is 9.00 Å².